The predicted molar refractivity (Wildman–Crippen MR) is 64.1 cm³/mol. The molecule has 0 aliphatic carbocycles. The molecule has 1 heterocycles. The Morgan fingerprint density at radius 3 is 2.60 bits per heavy atom. The van der Waals surface area contributed by atoms with E-state index in [0.29, 0.717) is 12.0 Å². The summed E-state index contributed by atoms with van der Waals surface area (Å²) in [4.78, 5) is 13.8. The molecule has 0 N–H and O–H groups in total. The largest absolute Gasteiger partial charge is 0.289 e. The van der Waals surface area contributed by atoms with Gasteiger partial charge in [-0.2, -0.15) is 0 Å². The first kappa shape index (κ1) is 13.0. The minimum Gasteiger partial charge on any atom is -0.289 e. The van der Waals surface area contributed by atoms with Crippen molar-refractivity contribution in [3.05, 3.63) is 0 Å². The van der Waals surface area contributed by atoms with Crippen LogP contribution in [0.1, 0.15) is 46.5 Å². The molecule has 15 heavy (non-hydrogen) atoms. The van der Waals surface area contributed by atoms with Crippen molar-refractivity contribution < 1.29 is 4.79 Å². The molecule has 2 atom stereocenters. The van der Waals surface area contributed by atoms with E-state index in [9.17, 15) is 4.79 Å². The highest BCUT2D eigenvalue weighted by atomic mass is 35.5. The third-order valence-electron chi connectivity index (χ3n) is 3.37. The number of nitrogens with zero attached hydrogens (tertiary/aromatic N) is 1. The molecule has 0 radical (unpaired) electrons. The van der Waals surface area contributed by atoms with Crippen molar-refractivity contribution in [3.63, 3.8) is 0 Å². The number of hydrogen-bond donors (Lipinski definition) is 0. The molecule has 1 aliphatic rings. The van der Waals surface area contributed by atoms with Crippen molar-refractivity contribution >= 4 is 16.8 Å². The van der Waals surface area contributed by atoms with E-state index in [2.05, 4.69) is 25.7 Å². The summed E-state index contributed by atoms with van der Waals surface area (Å²) in [6.07, 6.45) is 4.82. The molecule has 0 aromatic heterocycles. The SMILES string of the molecule is CCC1CCCCN1C(C(=O)Cl)C(C)C. The highest BCUT2D eigenvalue weighted by Gasteiger charge is 2.33. The quantitative estimate of drug-likeness (QED) is 0.694. The van der Waals surface area contributed by atoms with Crippen molar-refractivity contribution in [2.24, 2.45) is 5.92 Å². The summed E-state index contributed by atoms with van der Waals surface area (Å²) < 4.78 is 0. The number of halogens is 1. The highest BCUT2D eigenvalue weighted by Crippen LogP contribution is 2.26. The smallest absolute Gasteiger partial charge is 0.239 e. The summed E-state index contributed by atoms with van der Waals surface area (Å²) in [5.74, 6) is 0.308. The first-order valence-corrected chi connectivity index (χ1v) is 6.40. The van der Waals surface area contributed by atoms with Gasteiger partial charge in [0.25, 0.3) is 0 Å². The zero-order chi connectivity index (χ0) is 11.4. The van der Waals surface area contributed by atoms with Crippen LogP contribution in [0.25, 0.3) is 0 Å². The summed E-state index contributed by atoms with van der Waals surface area (Å²) in [5.41, 5.74) is 0. The van der Waals surface area contributed by atoms with Crippen LogP contribution in [0.3, 0.4) is 0 Å². The molecule has 2 nitrogen and oxygen atoms in total. The van der Waals surface area contributed by atoms with Gasteiger partial charge in [-0.1, -0.05) is 27.2 Å². The van der Waals surface area contributed by atoms with Crippen LogP contribution in [-0.4, -0.2) is 28.8 Å². The van der Waals surface area contributed by atoms with Crippen LogP contribution in [0.15, 0.2) is 0 Å². The Bertz CT molecular complexity index is 218. The monoisotopic (exact) mass is 231 g/mol. The molecule has 0 aromatic carbocycles. The average Bonchev–Trinajstić information content (AvgIpc) is 2.17. The summed E-state index contributed by atoms with van der Waals surface area (Å²) >= 11 is 5.71. The lowest BCUT2D eigenvalue weighted by atomic mass is 9.94. The van der Waals surface area contributed by atoms with Gasteiger partial charge in [-0.05, 0) is 43.3 Å². The van der Waals surface area contributed by atoms with Gasteiger partial charge in [0.05, 0.1) is 6.04 Å². The third-order valence-corrected chi connectivity index (χ3v) is 3.59. The fourth-order valence-corrected chi connectivity index (χ4v) is 2.98. The Morgan fingerprint density at radius 1 is 1.47 bits per heavy atom. The zero-order valence-corrected chi connectivity index (χ0v) is 10.8. The van der Waals surface area contributed by atoms with Crippen molar-refractivity contribution in [3.8, 4) is 0 Å². The van der Waals surface area contributed by atoms with Crippen LogP contribution in [-0.2, 0) is 4.79 Å². The third kappa shape index (κ3) is 3.18. The average molecular weight is 232 g/mol. The molecule has 0 spiro atoms. The predicted octanol–water partition coefficient (Wildman–Crippen LogP) is 3.04. The minimum atomic E-state index is -0.189. The molecular weight excluding hydrogens is 210 g/mol. The summed E-state index contributed by atoms with van der Waals surface area (Å²) in [5, 5.41) is -0.189. The molecular formula is C12H22ClNO. The van der Waals surface area contributed by atoms with Gasteiger partial charge in [0.1, 0.15) is 0 Å². The Kier molecular flexibility index (Phi) is 5.07. The van der Waals surface area contributed by atoms with Gasteiger partial charge in [-0.3, -0.25) is 9.69 Å². The van der Waals surface area contributed by atoms with Crippen LogP contribution < -0.4 is 0 Å². The lowest BCUT2D eigenvalue weighted by molar-refractivity contribution is -0.119. The van der Waals surface area contributed by atoms with Crippen LogP contribution in [0, 0.1) is 5.92 Å². The minimum absolute atomic E-state index is 0.0862. The molecule has 1 aliphatic heterocycles. The van der Waals surface area contributed by atoms with Gasteiger partial charge < -0.3 is 0 Å². The fraction of sp³-hybridized carbons (Fsp3) is 0.917. The number of carbonyl (C=O) groups excluding carboxylic acids is 1. The fourth-order valence-electron chi connectivity index (χ4n) is 2.60. The lowest BCUT2D eigenvalue weighted by Gasteiger charge is -2.41. The molecule has 1 saturated heterocycles. The Morgan fingerprint density at radius 2 is 2.13 bits per heavy atom. The number of hydrogen-bond acceptors (Lipinski definition) is 2. The number of likely N-dealkylation sites (tertiary alicyclic amines) is 1. The van der Waals surface area contributed by atoms with Crippen LogP contribution in [0.5, 0.6) is 0 Å². The normalized spacial score (nSPS) is 25.5. The first-order valence-electron chi connectivity index (χ1n) is 6.03. The molecule has 0 saturated carbocycles. The van der Waals surface area contributed by atoms with Crippen molar-refractivity contribution in [1.29, 1.82) is 0 Å². The number of carbonyl (C=O) groups is 1. The van der Waals surface area contributed by atoms with Gasteiger partial charge in [0, 0.05) is 6.04 Å². The summed E-state index contributed by atoms with van der Waals surface area (Å²) in [7, 11) is 0. The van der Waals surface area contributed by atoms with Gasteiger partial charge in [-0.25, -0.2) is 0 Å². The maximum atomic E-state index is 11.5. The topological polar surface area (TPSA) is 20.3 Å². The molecule has 0 bridgehead atoms. The van der Waals surface area contributed by atoms with E-state index >= 15 is 0 Å². The van der Waals surface area contributed by atoms with E-state index < -0.39 is 0 Å². The second-order valence-electron chi connectivity index (χ2n) is 4.79. The van der Waals surface area contributed by atoms with E-state index in [-0.39, 0.29) is 11.3 Å². The molecule has 1 rings (SSSR count). The van der Waals surface area contributed by atoms with Gasteiger partial charge in [-0.15, -0.1) is 0 Å². The van der Waals surface area contributed by atoms with E-state index in [0.717, 1.165) is 13.0 Å². The van der Waals surface area contributed by atoms with Crippen molar-refractivity contribution in [2.45, 2.75) is 58.5 Å². The lowest BCUT2D eigenvalue weighted by Crippen LogP contribution is -2.50. The zero-order valence-electron chi connectivity index (χ0n) is 10.0. The standard InChI is InChI=1S/C12H22ClNO/c1-4-10-7-5-6-8-14(10)11(9(2)3)12(13)15/h9-11H,4-8H2,1-3H3. The van der Waals surface area contributed by atoms with Crippen molar-refractivity contribution in [2.75, 3.05) is 6.54 Å². The van der Waals surface area contributed by atoms with Crippen molar-refractivity contribution in [1.82, 2.24) is 4.90 Å². The number of rotatable bonds is 4. The second-order valence-corrected chi connectivity index (χ2v) is 5.16. The molecule has 0 aromatic rings. The Labute approximate surface area is 98.0 Å². The van der Waals surface area contributed by atoms with Crippen LogP contribution in [0.2, 0.25) is 0 Å². The molecule has 0 amide bonds. The van der Waals surface area contributed by atoms with Gasteiger partial charge >= 0.3 is 0 Å². The van der Waals surface area contributed by atoms with Crippen LogP contribution in [0.4, 0.5) is 0 Å². The Hall–Kier alpha value is -0.0800. The van der Waals surface area contributed by atoms with Crippen LogP contribution >= 0.6 is 11.6 Å². The summed E-state index contributed by atoms with van der Waals surface area (Å²) in [6, 6.07) is 0.464. The number of piperidine rings is 1. The van der Waals surface area contributed by atoms with E-state index in [1.807, 2.05) is 0 Å². The molecule has 2 unspecified atom stereocenters. The highest BCUT2D eigenvalue weighted by molar-refractivity contribution is 6.64. The van der Waals surface area contributed by atoms with E-state index in [4.69, 9.17) is 11.6 Å². The van der Waals surface area contributed by atoms with Gasteiger partial charge in [0.2, 0.25) is 5.24 Å². The summed E-state index contributed by atoms with van der Waals surface area (Å²) in [6.45, 7) is 7.37. The first-order chi connectivity index (χ1) is 7.07. The second kappa shape index (κ2) is 5.86. The van der Waals surface area contributed by atoms with E-state index in [1.165, 1.54) is 19.3 Å². The maximum Gasteiger partial charge on any atom is 0.239 e. The Balaban J connectivity index is 2.75. The van der Waals surface area contributed by atoms with E-state index in [1.54, 1.807) is 0 Å². The maximum absolute atomic E-state index is 11.5. The molecule has 1 fully saturated rings. The molecule has 88 valence electrons. The molecule has 3 heteroatoms. The van der Waals surface area contributed by atoms with Gasteiger partial charge in [0.15, 0.2) is 0 Å².